The highest BCUT2D eigenvalue weighted by Crippen LogP contribution is 2.32. The average Bonchev–Trinajstić information content (AvgIpc) is 2.66. The summed E-state index contributed by atoms with van der Waals surface area (Å²) in [6.07, 6.45) is 0.818. The van der Waals surface area contributed by atoms with Gasteiger partial charge in [-0.25, -0.2) is 0 Å². The van der Waals surface area contributed by atoms with Gasteiger partial charge in [0, 0.05) is 5.56 Å². The predicted octanol–water partition coefficient (Wildman–Crippen LogP) is 2.71. The summed E-state index contributed by atoms with van der Waals surface area (Å²) in [5.74, 6) is 1.43. The van der Waals surface area contributed by atoms with E-state index in [1.807, 2.05) is 56.4 Å². The SMILES string of the molecule is CNCCc1ccccc1C(=O)NC(C)c1ccc2c(c1)OCCO2. The molecule has 0 aliphatic carbocycles. The minimum absolute atomic E-state index is 0.0610. The van der Waals surface area contributed by atoms with Crippen LogP contribution in [-0.4, -0.2) is 32.7 Å². The van der Waals surface area contributed by atoms with Crippen molar-refractivity contribution in [2.24, 2.45) is 0 Å². The second-order valence-electron chi connectivity index (χ2n) is 6.11. The summed E-state index contributed by atoms with van der Waals surface area (Å²) < 4.78 is 11.2. The molecule has 0 fully saturated rings. The van der Waals surface area contributed by atoms with E-state index in [1.165, 1.54) is 0 Å². The highest BCUT2D eigenvalue weighted by molar-refractivity contribution is 5.95. The predicted molar refractivity (Wildman–Crippen MR) is 97.4 cm³/mol. The van der Waals surface area contributed by atoms with Gasteiger partial charge in [0.2, 0.25) is 0 Å². The molecular weight excluding hydrogens is 316 g/mol. The maximum atomic E-state index is 12.7. The Bertz CT molecular complexity index is 745. The molecule has 25 heavy (non-hydrogen) atoms. The number of carbonyl (C=O) groups excluding carboxylic acids is 1. The van der Waals surface area contributed by atoms with Crippen LogP contribution in [0.2, 0.25) is 0 Å². The summed E-state index contributed by atoms with van der Waals surface area (Å²) >= 11 is 0. The third kappa shape index (κ3) is 4.12. The number of ether oxygens (including phenoxy) is 2. The number of benzene rings is 2. The normalized spacial score (nSPS) is 14.0. The van der Waals surface area contributed by atoms with E-state index in [9.17, 15) is 4.79 Å². The van der Waals surface area contributed by atoms with E-state index in [-0.39, 0.29) is 11.9 Å². The molecule has 0 radical (unpaired) electrons. The zero-order valence-electron chi connectivity index (χ0n) is 14.7. The van der Waals surface area contributed by atoms with Crippen LogP contribution in [0.1, 0.15) is 34.5 Å². The van der Waals surface area contributed by atoms with Gasteiger partial charge >= 0.3 is 0 Å². The fourth-order valence-corrected chi connectivity index (χ4v) is 2.91. The molecule has 2 aromatic carbocycles. The largest absolute Gasteiger partial charge is 0.486 e. The lowest BCUT2D eigenvalue weighted by Crippen LogP contribution is -2.28. The van der Waals surface area contributed by atoms with Crippen molar-refractivity contribution in [1.82, 2.24) is 10.6 Å². The molecule has 1 amide bonds. The van der Waals surface area contributed by atoms with Crippen LogP contribution >= 0.6 is 0 Å². The minimum atomic E-state index is -0.124. The van der Waals surface area contributed by atoms with Gasteiger partial charge in [-0.05, 0) is 56.3 Å². The third-order valence-electron chi connectivity index (χ3n) is 4.32. The number of amides is 1. The first-order valence-electron chi connectivity index (χ1n) is 8.62. The van der Waals surface area contributed by atoms with E-state index >= 15 is 0 Å². The standard InChI is InChI=1S/C20H24N2O3/c1-14(16-7-8-18-19(13-16)25-12-11-24-18)22-20(23)17-6-4-3-5-15(17)9-10-21-2/h3-8,13-14,21H,9-12H2,1-2H3,(H,22,23). The number of hydrogen-bond donors (Lipinski definition) is 2. The zero-order valence-corrected chi connectivity index (χ0v) is 14.7. The van der Waals surface area contributed by atoms with Crippen LogP contribution in [0.15, 0.2) is 42.5 Å². The number of hydrogen-bond acceptors (Lipinski definition) is 4. The van der Waals surface area contributed by atoms with Crippen molar-refractivity contribution in [3.8, 4) is 11.5 Å². The van der Waals surface area contributed by atoms with Gasteiger partial charge in [0.25, 0.3) is 5.91 Å². The zero-order chi connectivity index (χ0) is 17.6. The molecule has 0 aromatic heterocycles. The molecule has 1 aliphatic rings. The van der Waals surface area contributed by atoms with Crippen LogP contribution in [-0.2, 0) is 6.42 Å². The highest BCUT2D eigenvalue weighted by atomic mass is 16.6. The lowest BCUT2D eigenvalue weighted by atomic mass is 10.0. The summed E-state index contributed by atoms with van der Waals surface area (Å²) in [6.45, 7) is 3.93. The molecule has 0 saturated heterocycles. The van der Waals surface area contributed by atoms with Gasteiger partial charge in [-0.2, -0.15) is 0 Å². The number of nitrogens with one attached hydrogen (secondary N) is 2. The van der Waals surface area contributed by atoms with Gasteiger partial charge < -0.3 is 20.1 Å². The molecule has 1 aliphatic heterocycles. The van der Waals surface area contributed by atoms with E-state index in [0.717, 1.165) is 41.2 Å². The number of rotatable bonds is 6. The van der Waals surface area contributed by atoms with E-state index in [0.29, 0.717) is 13.2 Å². The summed E-state index contributed by atoms with van der Waals surface area (Å²) in [5, 5.41) is 6.20. The summed E-state index contributed by atoms with van der Waals surface area (Å²) in [5.41, 5.74) is 2.76. The summed E-state index contributed by atoms with van der Waals surface area (Å²) in [7, 11) is 1.91. The van der Waals surface area contributed by atoms with Crippen LogP contribution in [0.4, 0.5) is 0 Å². The van der Waals surface area contributed by atoms with Crippen molar-refractivity contribution in [3.05, 3.63) is 59.2 Å². The van der Waals surface area contributed by atoms with E-state index in [4.69, 9.17) is 9.47 Å². The molecule has 1 unspecified atom stereocenters. The molecule has 2 N–H and O–H groups in total. The molecule has 1 atom stereocenters. The quantitative estimate of drug-likeness (QED) is 0.849. The average molecular weight is 340 g/mol. The van der Waals surface area contributed by atoms with Crippen molar-refractivity contribution >= 4 is 5.91 Å². The molecule has 5 heteroatoms. The van der Waals surface area contributed by atoms with Crippen molar-refractivity contribution in [1.29, 1.82) is 0 Å². The van der Waals surface area contributed by atoms with Crippen molar-refractivity contribution in [2.45, 2.75) is 19.4 Å². The van der Waals surface area contributed by atoms with E-state index in [1.54, 1.807) is 0 Å². The van der Waals surface area contributed by atoms with E-state index in [2.05, 4.69) is 10.6 Å². The minimum Gasteiger partial charge on any atom is -0.486 e. The monoisotopic (exact) mass is 340 g/mol. The summed E-state index contributed by atoms with van der Waals surface area (Å²) in [6, 6.07) is 13.4. The molecule has 0 spiro atoms. The molecule has 3 rings (SSSR count). The lowest BCUT2D eigenvalue weighted by Gasteiger charge is -2.21. The Morgan fingerprint density at radius 1 is 1.12 bits per heavy atom. The fourth-order valence-electron chi connectivity index (χ4n) is 2.91. The molecule has 5 nitrogen and oxygen atoms in total. The van der Waals surface area contributed by atoms with Crippen LogP contribution in [0.5, 0.6) is 11.5 Å². The second kappa shape index (κ2) is 8.03. The van der Waals surface area contributed by atoms with E-state index < -0.39 is 0 Å². The Hall–Kier alpha value is -2.53. The van der Waals surface area contributed by atoms with Crippen LogP contribution in [0, 0.1) is 0 Å². The Kier molecular flexibility index (Phi) is 5.56. The Morgan fingerprint density at radius 3 is 2.68 bits per heavy atom. The smallest absolute Gasteiger partial charge is 0.252 e. The van der Waals surface area contributed by atoms with Gasteiger partial charge in [0.1, 0.15) is 13.2 Å². The molecule has 0 bridgehead atoms. The molecule has 0 saturated carbocycles. The third-order valence-corrected chi connectivity index (χ3v) is 4.32. The van der Waals surface area contributed by atoms with Gasteiger partial charge in [-0.15, -0.1) is 0 Å². The van der Waals surface area contributed by atoms with Gasteiger partial charge in [0.15, 0.2) is 11.5 Å². The number of fused-ring (bicyclic) bond motifs is 1. The lowest BCUT2D eigenvalue weighted by molar-refractivity contribution is 0.0938. The fraction of sp³-hybridized carbons (Fsp3) is 0.350. The van der Waals surface area contributed by atoms with Crippen molar-refractivity contribution in [3.63, 3.8) is 0 Å². The van der Waals surface area contributed by atoms with Gasteiger partial charge in [-0.1, -0.05) is 24.3 Å². The van der Waals surface area contributed by atoms with Crippen LogP contribution < -0.4 is 20.1 Å². The van der Waals surface area contributed by atoms with Crippen LogP contribution in [0.25, 0.3) is 0 Å². The first-order valence-corrected chi connectivity index (χ1v) is 8.62. The topological polar surface area (TPSA) is 59.6 Å². The van der Waals surface area contributed by atoms with Crippen molar-refractivity contribution < 1.29 is 14.3 Å². The van der Waals surface area contributed by atoms with Crippen molar-refractivity contribution in [2.75, 3.05) is 26.8 Å². The maximum Gasteiger partial charge on any atom is 0.252 e. The number of carbonyl (C=O) groups is 1. The van der Waals surface area contributed by atoms with Gasteiger partial charge in [0.05, 0.1) is 6.04 Å². The Balaban J connectivity index is 1.72. The molecule has 1 heterocycles. The second-order valence-corrected chi connectivity index (χ2v) is 6.11. The Labute approximate surface area is 148 Å². The molecular formula is C20H24N2O3. The maximum absolute atomic E-state index is 12.7. The van der Waals surface area contributed by atoms with Crippen LogP contribution in [0.3, 0.4) is 0 Å². The molecule has 2 aromatic rings. The first-order chi connectivity index (χ1) is 12.2. The number of likely N-dealkylation sites (N-methyl/N-ethyl adjacent to an activating group) is 1. The Morgan fingerprint density at radius 2 is 1.88 bits per heavy atom. The summed E-state index contributed by atoms with van der Waals surface area (Å²) in [4.78, 5) is 12.7. The van der Waals surface area contributed by atoms with Gasteiger partial charge in [-0.3, -0.25) is 4.79 Å². The molecule has 132 valence electrons. The first kappa shape index (κ1) is 17.3. The highest BCUT2D eigenvalue weighted by Gasteiger charge is 2.17.